The minimum atomic E-state index is -4.51. The second kappa shape index (κ2) is 9.51. The summed E-state index contributed by atoms with van der Waals surface area (Å²) in [6, 6.07) is 5.84. The Morgan fingerprint density at radius 1 is 1.22 bits per heavy atom. The van der Waals surface area contributed by atoms with E-state index in [-0.39, 0.29) is 30.4 Å². The Labute approximate surface area is 183 Å². The molecule has 1 aliphatic heterocycles. The van der Waals surface area contributed by atoms with Gasteiger partial charge in [0.05, 0.1) is 23.8 Å². The molecule has 1 fully saturated rings. The van der Waals surface area contributed by atoms with E-state index in [1.54, 1.807) is 11.8 Å². The van der Waals surface area contributed by atoms with Crippen molar-refractivity contribution < 1.29 is 36.6 Å². The van der Waals surface area contributed by atoms with Crippen LogP contribution in [-0.2, 0) is 19.6 Å². The van der Waals surface area contributed by atoms with Gasteiger partial charge in [-0.15, -0.1) is 0 Å². The maximum Gasteiger partial charge on any atom is 0.337 e. The SMILES string of the molecule is CCOC(=O)[C@H]1CCCN(c2ccc(NS(=O)(=O)c3cc(F)ccc3F)cc2C(=O)O)C1. The van der Waals surface area contributed by atoms with Gasteiger partial charge in [0.25, 0.3) is 10.0 Å². The molecule has 11 heteroatoms. The molecule has 1 heterocycles. The maximum atomic E-state index is 13.9. The number of carbonyl (C=O) groups is 2. The Morgan fingerprint density at radius 3 is 2.66 bits per heavy atom. The first kappa shape index (κ1) is 23.5. The van der Waals surface area contributed by atoms with Crippen LogP contribution in [-0.4, -0.2) is 45.2 Å². The lowest BCUT2D eigenvalue weighted by Gasteiger charge is -2.34. The van der Waals surface area contributed by atoms with Gasteiger partial charge < -0.3 is 14.7 Å². The van der Waals surface area contributed by atoms with E-state index in [0.717, 1.165) is 12.1 Å². The lowest BCUT2D eigenvalue weighted by molar-refractivity contribution is -0.148. The van der Waals surface area contributed by atoms with Crippen molar-refractivity contribution in [2.24, 2.45) is 5.92 Å². The summed E-state index contributed by atoms with van der Waals surface area (Å²) in [4.78, 5) is 24.8. The van der Waals surface area contributed by atoms with Crippen LogP contribution in [0.4, 0.5) is 20.2 Å². The van der Waals surface area contributed by atoms with Gasteiger partial charge in [-0.05, 0) is 56.2 Å². The Morgan fingerprint density at radius 2 is 1.97 bits per heavy atom. The Bertz CT molecular complexity index is 1140. The van der Waals surface area contributed by atoms with Crippen LogP contribution in [0.15, 0.2) is 41.3 Å². The zero-order valence-electron chi connectivity index (χ0n) is 17.2. The molecular weight excluding hydrogens is 446 g/mol. The summed E-state index contributed by atoms with van der Waals surface area (Å²) in [5.74, 6) is -4.15. The first-order chi connectivity index (χ1) is 15.1. The molecule has 0 aromatic heterocycles. The third-order valence-corrected chi connectivity index (χ3v) is 6.44. The van der Waals surface area contributed by atoms with Gasteiger partial charge in [0.15, 0.2) is 0 Å². The molecule has 1 aliphatic rings. The zero-order valence-corrected chi connectivity index (χ0v) is 18.0. The number of aromatic carboxylic acids is 1. The minimum absolute atomic E-state index is 0.131. The smallest absolute Gasteiger partial charge is 0.337 e. The van der Waals surface area contributed by atoms with E-state index >= 15 is 0 Å². The number of anilines is 2. The third-order valence-electron chi connectivity index (χ3n) is 5.04. The van der Waals surface area contributed by atoms with Crippen LogP contribution in [0.5, 0.6) is 0 Å². The molecule has 2 aromatic carbocycles. The van der Waals surface area contributed by atoms with Crippen molar-refractivity contribution in [2.75, 3.05) is 29.3 Å². The van der Waals surface area contributed by atoms with Gasteiger partial charge in [-0.25, -0.2) is 22.0 Å². The molecule has 0 radical (unpaired) electrons. The predicted octanol–water partition coefficient (Wildman–Crippen LogP) is 3.24. The number of nitrogens with one attached hydrogen (secondary N) is 1. The average Bonchev–Trinajstić information content (AvgIpc) is 2.75. The van der Waals surface area contributed by atoms with Crippen LogP contribution in [0, 0.1) is 17.6 Å². The summed E-state index contributed by atoms with van der Waals surface area (Å²) < 4.78 is 59.5. The Hall–Kier alpha value is -3.21. The highest BCUT2D eigenvalue weighted by Crippen LogP contribution is 2.30. The molecule has 172 valence electrons. The van der Waals surface area contributed by atoms with E-state index in [2.05, 4.69) is 4.72 Å². The largest absolute Gasteiger partial charge is 0.478 e. The van der Waals surface area contributed by atoms with Crippen molar-refractivity contribution in [3.8, 4) is 0 Å². The van der Waals surface area contributed by atoms with Gasteiger partial charge in [0, 0.05) is 18.8 Å². The van der Waals surface area contributed by atoms with E-state index in [0.29, 0.717) is 37.2 Å². The van der Waals surface area contributed by atoms with Crippen molar-refractivity contribution in [1.82, 2.24) is 0 Å². The predicted molar refractivity (Wildman–Crippen MR) is 112 cm³/mol. The Balaban J connectivity index is 1.89. The van der Waals surface area contributed by atoms with Gasteiger partial charge in [0.1, 0.15) is 16.5 Å². The van der Waals surface area contributed by atoms with Gasteiger partial charge >= 0.3 is 11.9 Å². The second-order valence-corrected chi connectivity index (χ2v) is 8.91. The van der Waals surface area contributed by atoms with E-state index in [9.17, 15) is 31.9 Å². The van der Waals surface area contributed by atoms with E-state index in [1.165, 1.54) is 12.1 Å². The van der Waals surface area contributed by atoms with Crippen molar-refractivity contribution in [3.05, 3.63) is 53.6 Å². The molecule has 0 bridgehead atoms. The number of sulfonamides is 1. The molecule has 2 aromatic rings. The third kappa shape index (κ3) is 5.16. The first-order valence-electron chi connectivity index (χ1n) is 9.89. The summed E-state index contributed by atoms with van der Waals surface area (Å²) in [7, 11) is -4.51. The number of halogens is 2. The number of benzene rings is 2. The van der Waals surface area contributed by atoms with E-state index in [1.807, 2.05) is 0 Å². The van der Waals surface area contributed by atoms with Crippen molar-refractivity contribution in [3.63, 3.8) is 0 Å². The second-order valence-electron chi connectivity index (χ2n) is 7.25. The lowest BCUT2D eigenvalue weighted by atomic mass is 9.97. The van der Waals surface area contributed by atoms with E-state index in [4.69, 9.17) is 4.74 Å². The highest BCUT2D eigenvalue weighted by Gasteiger charge is 2.29. The quantitative estimate of drug-likeness (QED) is 0.600. The van der Waals surface area contributed by atoms with Crippen LogP contribution < -0.4 is 9.62 Å². The summed E-state index contributed by atoms with van der Waals surface area (Å²) in [6.07, 6.45) is 1.27. The molecule has 1 atom stereocenters. The number of hydrogen-bond acceptors (Lipinski definition) is 6. The molecule has 0 amide bonds. The zero-order chi connectivity index (χ0) is 23.5. The summed E-state index contributed by atoms with van der Waals surface area (Å²) in [5.41, 5.74) is -0.0189. The molecule has 0 aliphatic carbocycles. The van der Waals surface area contributed by atoms with Gasteiger partial charge in [0.2, 0.25) is 0 Å². The topological polar surface area (TPSA) is 113 Å². The number of esters is 1. The summed E-state index contributed by atoms with van der Waals surface area (Å²) in [5, 5.41) is 9.67. The van der Waals surface area contributed by atoms with Gasteiger partial charge in [-0.3, -0.25) is 9.52 Å². The first-order valence-corrected chi connectivity index (χ1v) is 11.4. The van der Waals surface area contributed by atoms with Crippen LogP contribution in [0.25, 0.3) is 0 Å². The summed E-state index contributed by atoms with van der Waals surface area (Å²) >= 11 is 0. The molecule has 0 spiro atoms. The monoisotopic (exact) mass is 468 g/mol. The molecule has 0 saturated carbocycles. The van der Waals surface area contributed by atoms with Crippen LogP contribution >= 0.6 is 0 Å². The molecule has 32 heavy (non-hydrogen) atoms. The highest BCUT2D eigenvalue weighted by molar-refractivity contribution is 7.92. The van der Waals surface area contributed by atoms with Crippen molar-refractivity contribution in [2.45, 2.75) is 24.7 Å². The summed E-state index contributed by atoms with van der Waals surface area (Å²) in [6.45, 7) is 2.72. The number of carboxylic acid groups (broad SMARTS) is 1. The minimum Gasteiger partial charge on any atom is -0.478 e. The van der Waals surface area contributed by atoms with E-state index < -0.39 is 38.4 Å². The fraction of sp³-hybridized carbons (Fsp3) is 0.333. The molecule has 2 N–H and O–H groups in total. The fourth-order valence-electron chi connectivity index (χ4n) is 3.59. The lowest BCUT2D eigenvalue weighted by Crippen LogP contribution is -2.40. The number of carboxylic acids is 1. The van der Waals surface area contributed by atoms with Crippen LogP contribution in [0.2, 0.25) is 0 Å². The standard InChI is InChI=1S/C21H22F2N2O6S/c1-2-31-21(28)13-4-3-9-25(12-13)18-8-6-15(11-16(18)20(26)27)24-32(29,30)19-10-14(22)5-7-17(19)23/h5-8,10-11,13,24H,2-4,9,12H2,1H3,(H,26,27)/t13-/m0/s1. The van der Waals surface area contributed by atoms with Crippen molar-refractivity contribution >= 4 is 33.3 Å². The molecule has 3 rings (SSSR count). The number of piperidine rings is 1. The molecule has 0 unspecified atom stereocenters. The molecular formula is C21H22F2N2O6S. The number of nitrogens with zero attached hydrogens (tertiary/aromatic N) is 1. The van der Waals surface area contributed by atoms with Crippen LogP contribution in [0.3, 0.4) is 0 Å². The molecule has 8 nitrogen and oxygen atoms in total. The molecule has 1 saturated heterocycles. The number of carbonyl (C=O) groups excluding carboxylic acids is 1. The average molecular weight is 468 g/mol. The van der Waals surface area contributed by atoms with Crippen molar-refractivity contribution in [1.29, 1.82) is 0 Å². The number of ether oxygens (including phenoxy) is 1. The Kier molecular flexibility index (Phi) is 6.97. The maximum absolute atomic E-state index is 13.9. The highest BCUT2D eigenvalue weighted by atomic mass is 32.2. The fourth-order valence-corrected chi connectivity index (χ4v) is 4.73. The number of hydrogen-bond donors (Lipinski definition) is 2. The normalized spacial score (nSPS) is 16.5. The van der Waals surface area contributed by atoms with Gasteiger partial charge in [-0.1, -0.05) is 0 Å². The number of rotatable bonds is 7. The van der Waals surface area contributed by atoms with Crippen LogP contribution in [0.1, 0.15) is 30.1 Å². The van der Waals surface area contributed by atoms with Gasteiger partial charge in [-0.2, -0.15) is 0 Å².